The van der Waals surface area contributed by atoms with E-state index >= 15 is 0 Å². The predicted molar refractivity (Wildman–Crippen MR) is 50.2 cm³/mol. The molecule has 1 aliphatic rings. The van der Waals surface area contributed by atoms with Gasteiger partial charge in [-0.1, -0.05) is 6.58 Å². The quantitative estimate of drug-likeness (QED) is 0.481. The molecule has 0 spiro atoms. The van der Waals surface area contributed by atoms with Crippen molar-refractivity contribution in [3.05, 3.63) is 12.7 Å². The average molecular weight is 181 g/mol. The third-order valence-electron chi connectivity index (χ3n) is 2.53. The second kappa shape index (κ2) is 4.80. The molecule has 0 aliphatic carbocycles. The Morgan fingerprint density at radius 2 is 2.08 bits per heavy atom. The summed E-state index contributed by atoms with van der Waals surface area (Å²) in [6, 6.07) is 0. The van der Waals surface area contributed by atoms with Gasteiger partial charge in [0.15, 0.2) is 0 Å². The van der Waals surface area contributed by atoms with Gasteiger partial charge in [-0.25, -0.2) is 0 Å². The van der Waals surface area contributed by atoms with E-state index in [0.29, 0.717) is 12.3 Å². The van der Waals surface area contributed by atoms with E-state index in [2.05, 4.69) is 6.58 Å². The highest BCUT2D eigenvalue weighted by atomic mass is 16.2. The van der Waals surface area contributed by atoms with Gasteiger partial charge in [0.05, 0.1) is 0 Å². The number of rotatable bonds is 3. The number of aldehydes is 1. The highest BCUT2D eigenvalue weighted by Crippen LogP contribution is 2.19. The molecule has 0 aromatic rings. The summed E-state index contributed by atoms with van der Waals surface area (Å²) in [6.45, 7) is 4.98. The van der Waals surface area contributed by atoms with Crippen LogP contribution in [0.25, 0.3) is 0 Å². The third kappa shape index (κ3) is 2.68. The van der Waals surface area contributed by atoms with Crippen molar-refractivity contribution in [1.29, 1.82) is 0 Å². The topological polar surface area (TPSA) is 37.4 Å². The summed E-state index contributed by atoms with van der Waals surface area (Å²) < 4.78 is 0. The minimum atomic E-state index is 0.00422. The van der Waals surface area contributed by atoms with E-state index in [4.69, 9.17) is 0 Å². The van der Waals surface area contributed by atoms with Crippen LogP contribution in [-0.2, 0) is 9.59 Å². The van der Waals surface area contributed by atoms with Crippen LogP contribution in [0, 0.1) is 5.92 Å². The Labute approximate surface area is 78.4 Å². The van der Waals surface area contributed by atoms with E-state index in [1.165, 1.54) is 6.08 Å². The van der Waals surface area contributed by atoms with E-state index in [1.807, 2.05) is 0 Å². The monoisotopic (exact) mass is 181 g/mol. The zero-order valence-electron chi connectivity index (χ0n) is 7.74. The molecule has 1 amide bonds. The van der Waals surface area contributed by atoms with E-state index in [0.717, 1.165) is 32.2 Å². The van der Waals surface area contributed by atoms with Gasteiger partial charge >= 0.3 is 0 Å². The van der Waals surface area contributed by atoms with Gasteiger partial charge in [0, 0.05) is 19.5 Å². The van der Waals surface area contributed by atoms with Gasteiger partial charge in [0.25, 0.3) is 0 Å². The second-order valence-electron chi connectivity index (χ2n) is 3.38. The van der Waals surface area contributed by atoms with Gasteiger partial charge in [-0.2, -0.15) is 0 Å². The Kier molecular flexibility index (Phi) is 3.68. The predicted octanol–water partition coefficient (Wildman–Crippen LogP) is 1.000. The van der Waals surface area contributed by atoms with Crippen molar-refractivity contribution in [2.45, 2.75) is 19.3 Å². The Hall–Kier alpha value is -1.12. The van der Waals surface area contributed by atoms with Gasteiger partial charge in [-0.3, -0.25) is 4.79 Å². The van der Waals surface area contributed by atoms with E-state index in [-0.39, 0.29) is 5.91 Å². The molecule has 0 bridgehead atoms. The van der Waals surface area contributed by atoms with E-state index in [9.17, 15) is 9.59 Å². The number of likely N-dealkylation sites (tertiary alicyclic amines) is 1. The molecular formula is C10H15NO2. The molecule has 0 unspecified atom stereocenters. The van der Waals surface area contributed by atoms with E-state index in [1.54, 1.807) is 4.90 Å². The molecule has 1 heterocycles. The maximum atomic E-state index is 11.2. The molecule has 1 rings (SSSR count). The van der Waals surface area contributed by atoms with Crippen molar-refractivity contribution < 1.29 is 9.59 Å². The fourth-order valence-electron chi connectivity index (χ4n) is 1.65. The highest BCUT2D eigenvalue weighted by Gasteiger charge is 2.20. The number of amides is 1. The molecule has 1 saturated heterocycles. The molecule has 1 aliphatic heterocycles. The van der Waals surface area contributed by atoms with E-state index < -0.39 is 0 Å². The Bertz CT molecular complexity index is 205. The Morgan fingerprint density at radius 3 is 2.54 bits per heavy atom. The van der Waals surface area contributed by atoms with Crippen molar-refractivity contribution in [3.8, 4) is 0 Å². The normalized spacial score (nSPS) is 18.3. The van der Waals surface area contributed by atoms with Gasteiger partial charge in [0.2, 0.25) is 5.91 Å². The maximum Gasteiger partial charge on any atom is 0.245 e. The maximum absolute atomic E-state index is 11.2. The summed E-state index contributed by atoms with van der Waals surface area (Å²) in [5, 5.41) is 0. The SMILES string of the molecule is C=CC(=O)N1CCC(CC=O)CC1. The third-order valence-corrected chi connectivity index (χ3v) is 2.53. The lowest BCUT2D eigenvalue weighted by molar-refractivity contribution is -0.127. The van der Waals surface area contributed by atoms with Crippen LogP contribution in [0.4, 0.5) is 0 Å². The van der Waals surface area contributed by atoms with Crippen molar-refractivity contribution in [2.24, 2.45) is 5.92 Å². The van der Waals surface area contributed by atoms with Gasteiger partial charge in [-0.15, -0.1) is 0 Å². The molecule has 0 radical (unpaired) electrons. The summed E-state index contributed by atoms with van der Waals surface area (Å²) in [5.41, 5.74) is 0. The summed E-state index contributed by atoms with van der Waals surface area (Å²) in [4.78, 5) is 23.2. The van der Waals surface area contributed by atoms with Gasteiger partial charge in [0.1, 0.15) is 6.29 Å². The minimum Gasteiger partial charge on any atom is -0.339 e. The molecule has 0 aromatic carbocycles. The van der Waals surface area contributed by atoms with Crippen LogP contribution < -0.4 is 0 Å². The molecule has 0 N–H and O–H groups in total. The smallest absolute Gasteiger partial charge is 0.245 e. The van der Waals surface area contributed by atoms with Crippen LogP contribution in [0.2, 0.25) is 0 Å². The molecule has 1 fully saturated rings. The second-order valence-corrected chi connectivity index (χ2v) is 3.38. The fraction of sp³-hybridized carbons (Fsp3) is 0.600. The number of hydrogen-bond acceptors (Lipinski definition) is 2. The lowest BCUT2D eigenvalue weighted by atomic mass is 9.94. The molecule has 3 nitrogen and oxygen atoms in total. The van der Waals surface area contributed by atoms with Crippen molar-refractivity contribution in [1.82, 2.24) is 4.90 Å². The average Bonchev–Trinajstić information content (AvgIpc) is 2.18. The number of nitrogens with zero attached hydrogens (tertiary/aromatic N) is 1. The molecule has 13 heavy (non-hydrogen) atoms. The first-order valence-electron chi connectivity index (χ1n) is 4.63. The lowest BCUT2D eigenvalue weighted by Crippen LogP contribution is -2.37. The first-order chi connectivity index (χ1) is 6.27. The zero-order chi connectivity index (χ0) is 9.68. The summed E-state index contributed by atoms with van der Waals surface area (Å²) in [7, 11) is 0. The lowest BCUT2D eigenvalue weighted by Gasteiger charge is -2.30. The van der Waals surface area contributed by atoms with Crippen LogP contribution in [-0.4, -0.2) is 30.2 Å². The number of hydrogen-bond donors (Lipinski definition) is 0. The minimum absolute atomic E-state index is 0.00422. The highest BCUT2D eigenvalue weighted by molar-refractivity contribution is 5.87. The molecular weight excluding hydrogens is 166 g/mol. The van der Waals surface area contributed by atoms with Gasteiger partial charge < -0.3 is 9.69 Å². The molecule has 3 heteroatoms. The van der Waals surface area contributed by atoms with Crippen molar-refractivity contribution in [3.63, 3.8) is 0 Å². The number of piperidine rings is 1. The first-order valence-corrected chi connectivity index (χ1v) is 4.63. The molecule has 0 atom stereocenters. The Balaban J connectivity index is 2.34. The molecule has 0 aromatic heterocycles. The van der Waals surface area contributed by atoms with Crippen LogP contribution in [0.5, 0.6) is 0 Å². The van der Waals surface area contributed by atoms with Crippen molar-refractivity contribution in [2.75, 3.05) is 13.1 Å². The first kappa shape index (κ1) is 9.96. The summed E-state index contributed by atoms with van der Waals surface area (Å²) >= 11 is 0. The number of carbonyl (C=O) groups is 2. The van der Waals surface area contributed by atoms with Gasteiger partial charge in [-0.05, 0) is 24.8 Å². The Morgan fingerprint density at radius 1 is 1.46 bits per heavy atom. The largest absolute Gasteiger partial charge is 0.339 e. The van der Waals surface area contributed by atoms with Crippen LogP contribution in [0.15, 0.2) is 12.7 Å². The van der Waals surface area contributed by atoms with Crippen LogP contribution in [0.3, 0.4) is 0 Å². The summed E-state index contributed by atoms with van der Waals surface area (Å²) in [5.74, 6) is 0.482. The molecule has 0 saturated carbocycles. The number of carbonyl (C=O) groups excluding carboxylic acids is 2. The standard InChI is InChI=1S/C10H15NO2/c1-2-10(13)11-6-3-9(4-7-11)5-8-12/h2,8-9H,1,3-7H2. The van der Waals surface area contributed by atoms with Crippen LogP contribution >= 0.6 is 0 Å². The van der Waals surface area contributed by atoms with Crippen LogP contribution in [0.1, 0.15) is 19.3 Å². The summed E-state index contributed by atoms with van der Waals surface area (Å²) in [6.07, 6.45) is 4.84. The molecule has 72 valence electrons. The van der Waals surface area contributed by atoms with Crippen molar-refractivity contribution >= 4 is 12.2 Å². The fourth-order valence-corrected chi connectivity index (χ4v) is 1.65. The zero-order valence-corrected chi connectivity index (χ0v) is 7.74.